The Morgan fingerprint density at radius 1 is 1.04 bits per heavy atom. The molecule has 0 aliphatic carbocycles. The molecule has 4 nitrogen and oxygen atoms in total. The normalized spacial score (nSPS) is 16.2. The Kier molecular flexibility index (Phi) is 6.81. The van der Waals surface area contributed by atoms with Gasteiger partial charge in [-0.15, -0.1) is 0 Å². The topological polar surface area (TPSA) is 41.6 Å². The van der Waals surface area contributed by atoms with Crippen molar-refractivity contribution in [3.8, 4) is 5.75 Å². The number of ether oxygens (including phenoxy) is 1. The van der Waals surface area contributed by atoms with Crippen LogP contribution in [0.3, 0.4) is 0 Å². The van der Waals surface area contributed by atoms with E-state index in [0.717, 1.165) is 30.9 Å². The van der Waals surface area contributed by atoms with Crippen LogP contribution in [-0.4, -0.2) is 44.0 Å². The minimum absolute atomic E-state index is 0.137. The van der Waals surface area contributed by atoms with Crippen molar-refractivity contribution >= 4 is 5.78 Å². The molecule has 2 aromatic rings. The Bertz CT molecular complexity index is 679. The average molecular weight is 352 g/mol. The molecule has 2 aromatic carbocycles. The third-order valence-electron chi connectivity index (χ3n) is 5.05. The van der Waals surface area contributed by atoms with E-state index < -0.39 is 0 Å². The molecular weight excluding hydrogens is 324 g/mol. The number of ketones is 1. The molecule has 1 unspecified atom stereocenters. The van der Waals surface area contributed by atoms with Crippen LogP contribution in [0.1, 0.15) is 41.2 Å². The second kappa shape index (κ2) is 9.51. The van der Waals surface area contributed by atoms with E-state index in [0.29, 0.717) is 6.54 Å². The summed E-state index contributed by atoms with van der Waals surface area (Å²) < 4.78 is 5.28. The molecule has 1 fully saturated rings. The first-order valence-corrected chi connectivity index (χ1v) is 9.45. The van der Waals surface area contributed by atoms with Crippen molar-refractivity contribution in [1.82, 2.24) is 10.2 Å². The highest BCUT2D eigenvalue weighted by Crippen LogP contribution is 2.25. The van der Waals surface area contributed by atoms with Crippen molar-refractivity contribution in [2.75, 3.05) is 33.3 Å². The Morgan fingerprint density at radius 2 is 1.73 bits per heavy atom. The number of hydrogen-bond donors (Lipinski definition) is 1. The number of likely N-dealkylation sites (tertiary alicyclic amines) is 1. The van der Waals surface area contributed by atoms with Crippen LogP contribution in [0, 0.1) is 0 Å². The highest BCUT2D eigenvalue weighted by molar-refractivity contribution is 5.97. The molecule has 0 aromatic heterocycles. The summed E-state index contributed by atoms with van der Waals surface area (Å²) in [6.45, 7) is 3.37. The van der Waals surface area contributed by atoms with Gasteiger partial charge in [0.2, 0.25) is 0 Å². The van der Waals surface area contributed by atoms with Crippen LogP contribution in [0.5, 0.6) is 5.75 Å². The van der Waals surface area contributed by atoms with Crippen LogP contribution in [0.15, 0.2) is 54.6 Å². The van der Waals surface area contributed by atoms with Gasteiger partial charge in [-0.25, -0.2) is 0 Å². The van der Waals surface area contributed by atoms with Gasteiger partial charge in [-0.2, -0.15) is 0 Å². The Balaban J connectivity index is 1.64. The van der Waals surface area contributed by atoms with Gasteiger partial charge in [0.05, 0.1) is 13.7 Å². The van der Waals surface area contributed by atoms with Crippen molar-refractivity contribution in [2.45, 2.75) is 25.3 Å². The lowest BCUT2D eigenvalue weighted by Crippen LogP contribution is -2.40. The SMILES string of the molecule is COc1ccc(C(CNCC(=O)c2ccccc2)N2CCCCC2)cc1. The molecule has 0 saturated carbocycles. The summed E-state index contributed by atoms with van der Waals surface area (Å²) in [5.41, 5.74) is 2.03. The number of methoxy groups -OCH3 is 1. The molecule has 1 N–H and O–H groups in total. The Morgan fingerprint density at radius 3 is 2.38 bits per heavy atom. The standard InChI is InChI=1S/C22H28N2O2/c1-26-20-12-10-18(11-13-20)21(24-14-6-3-7-15-24)16-23-17-22(25)19-8-4-2-5-9-19/h2,4-5,8-13,21,23H,3,6-7,14-17H2,1H3. The van der Waals surface area contributed by atoms with Gasteiger partial charge >= 0.3 is 0 Å². The summed E-state index contributed by atoms with van der Waals surface area (Å²) in [6.07, 6.45) is 3.80. The zero-order valence-electron chi connectivity index (χ0n) is 15.5. The fourth-order valence-electron chi connectivity index (χ4n) is 3.56. The summed E-state index contributed by atoms with van der Waals surface area (Å²) in [6, 6.07) is 18.1. The van der Waals surface area contributed by atoms with Gasteiger partial charge < -0.3 is 10.1 Å². The van der Waals surface area contributed by atoms with Gasteiger partial charge in [-0.05, 0) is 43.6 Å². The maximum absolute atomic E-state index is 12.3. The van der Waals surface area contributed by atoms with E-state index in [4.69, 9.17) is 4.74 Å². The van der Waals surface area contributed by atoms with Gasteiger partial charge in [0.15, 0.2) is 5.78 Å². The summed E-state index contributed by atoms with van der Waals surface area (Å²) in [5, 5.41) is 3.39. The highest BCUT2D eigenvalue weighted by atomic mass is 16.5. The smallest absolute Gasteiger partial charge is 0.176 e. The second-order valence-electron chi connectivity index (χ2n) is 6.81. The summed E-state index contributed by atoms with van der Waals surface area (Å²) >= 11 is 0. The number of benzene rings is 2. The van der Waals surface area contributed by atoms with E-state index in [9.17, 15) is 4.79 Å². The number of hydrogen-bond acceptors (Lipinski definition) is 4. The van der Waals surface area contributed by atoms with Crippen LogP contribution in [0.4, 0.5) is 0 Å². The van der Waals surface area contributed by atoms with Crippen molar-refractivity contribution < 1.29 is 9.53 Å². The number of piperidine rings is 1. The van der Waals surface area contributed by atoms with E-state index in [1.165, 1.54) is 24.8 Å². The highest BCUT2D eigenvalue weighted by Gasteiger charge is 2.22. The largest absolute Gasteiger partial charge is 0.497 e. The van der Waals surface area contributed by atoms with E-state index in [1.807, 2.05) is 42.5 Å². The summed E-state index contributed by atoms with van der Waals surface area (Å²) in [5.74, 6) is 1.01. The van der Waals surface area contributed by atoms with Gasteiger partial charge in [0.1, 0.15) is 5.75 Å². The number of nitrogens with one attached hydrogen (secondary N) is 1. The zero-order valence-corrected chi connectivity index (χ0v) is 15.5. The van der Waals surface area contributed by atoms with Crippen LogP contribution in [-0.2, 0) is 0 Å². The maximum Gasteiger partial charge on any atom is 0.176 e. The molecule has 0 radical (unpaired) electrons. The lowest BCUT2D eigenvalue weighted by molar-refractivity contribution is 0.0983. The Hall–Kier alpha value is -2.17. The molecule has 1 saturated heterocycles. The van der Waals surface area contributed by atoms with Crippen LogP contribution in [0.25, 0.3) is 0 Å². The first-order chi connectivity index (χ1) is 12.8. The molecular formula is C22H28N2O2. The Labute approximate surface area is 156 Å². The molecule has 0 bridgehead atoms. The molecule has 1 aliphatic heterocycles. The molecule has 4 heteroatoms. The number of Topliss-reactive ketones (excluding diaryl/α,β-unsaturated/α-hetero) is 1. The lowest BCUT2D eigenvalue weighted by atomic mass is 10.0. The predicted octanol–water partition coefficient (Wildman–Crippen LogP) is 3.69. The van der Waals surface area contributed by atoms with Crippen LogP contribution in [0.2, 0.25) is 0 Å². The van der Waals surface area contributed by atoms with E-state index in [-0.39, 0.29) is 11.8 Å². The molecule has 0 amide bonds. The third-order valence-corrected chi connectivity index (χ3v) is 5.05. The molecule has 138 valence electrons. The van der Waals surface area contributed by atoms with Gasteiger partial charge in [-0.1, -0.05) is 48.9 Å². The van der Waals surface area contributed by atoms with Crippen molar-refractivity contribution in [3.05, 3.63) is 65.7 Å². The zero-order chi connectivity index (χ0) is 18.2. The fraction of sp³-hybridized carbons (Fsp3) is 0.409. The first kappa shape index (κ1) is 18.6. The van der Waals surface area contributed by atoms with Crippen molar-refractivity contribution in [2.24, 2.45) is 0 Å². The molecule has 1 atom stereocenters. The summed E-state index contributed by atoms with van der Waals surface area (Å²) in [4.78, 5) is 14.9. The minimum atomic E-state index is 0.137. The van der Waals surface area contributed by atoms with E-state index in [1.54, 1.807) is 7.11 Å². The second-order valence-corrected chi connectivity index (χ2v) is 6.81. The third kappa shape index (κ3) is 4.93. The number of carbonyl (C=O) groups is 1. The van der Waals surface area contributed by atoms with Crippen molar-refractivity contribution in [3.63, 3.8) is 0 Å². The number of nitrogens with zero attached hydrogens (tertiary/aromatic N) is 1. The monoisotopic (exact) mass is 352 g/mol. The molecule has 26 heavy (non-hydrogen) atoms. The average Bonchev–Trinajstić information content (AvgIpc) is 2.72. The van der Waals surface area contributed by atoms with Gasteiger partial charge in [-0.3, -0.25) is 9.69 Å². The quantitative estimate of drug-likeness (QED) is 0.736. The molecule has 1 heterocycles. The van der Waals surface area contributed by atoms with E-state index >= 15 is 0 Å². The van der Waals surface area contributed by atoms with Crippen LogP contribution >= 0.6 is 0 Å². The van der Waals surface area contributed by atoms with Crippen LogP contribution < -0.4 is 10.1 Å². The fourth-order valence-corrected chi connectivity index (χ4v) is 3.56. The van der Waals surface area contributed by atoms with E-state index in [2.05, 4.69) is 22.3 Å². The molecule has 0 spiro atoms. The minimum Gasteiger partial charge on any atom is -0.497 e. The lowest BCUT2D eigenvalue weighted by Gasteiger charge is -2.35. The molecule has 3 rings (SSSR count). The maximum atomic E-state index is 12.3. The summed E-state index contributed by atoms with van der Waals surface area (Å²) in [7, 11) is 1.69. The number of carbonyl (C=O) groups excluding carboxylic acids is 1. The van der Waals surface area contributed by atoms with Crippen molar-refractivity contribution in [1.29, 1.82) is 0 Å². The number of rotatable bonds is 8. The van der Waals surface area contributed by atoms with Gasteiger partial charge in [0.25, 0.3) is 0 Å². The predicted molar refractivity (Wildman–Crippen MR) is 105 cm³/mol. The first-order valence-electron chi connectivity index (χ1n) is 9.45. The van der Waals surface area contributed by atoms with Gasteiger partial charge in [0, 0.05) is 18.2 Å². The molecule has 1 aliphatic rings.